The van der Waals surface area contributed by atoms with Gasteiger partial charge in [-0.25, -0.2) is 9.78 Å². The first-order chi connectivity index (χ1) is 12.9. The van der Waals surface area contributed by atoms with E-state index in [4.69, 9.17) is 4.84 Å². The second kappa shape index (κ2) is 8.24. The number of hydrogen-bond acceptors (Lipinski definition) is 4. The lowest BCUT2D eigenvalue weighted by molar-refractivity contribution is -0.137. The van der Waals surface area contributed by atoms with Gasteiger partial charge in [0.05, 0.1) is 17.6 Å². The molecule has 1 aliphatic rings. The van der Waals surface area contributed by atoms with E-state index < -0.39 is 17.8 Å². The van der Waals surface area contributed by atoms with E-state index in [1.165, 1.54) is 12.1 Å². The third kappa shape index (κ3) is 5.32. The van der Waals surface area contributed by atoms with Gasteiger partial charge in [0.1, 0.15) is 0 Å². The fourth-order valence-electron chi connectivity index (χ4n) is 3.05. The van der Waals surface area contributed by atoms with Gasteiger partial charge in [0, 0.05) is 30.5 Å². The Labute approximate surface area is 154 Å². The average Bonchev–Trinajstić information content (AvgIpc) is 3.14. The molecule has 6 nitrogen and oxygen atoms in total. The highest BCUT2D eigenvalue weighted by Crippen LogP contribution is 2.30. The van der Waals surface area contributed by atoms with Crippen molar-refractivity contribution in [3.8, 4) is 0 Å². The van der Waals surface area contributed by atoms with Crippen LogP contribution in [0.3, 0.4) is 0 Å². The number of anilines is 1. The Hall–Kier alpha value is -2.84. The summed E-state index contributed by atoms with van der Waals surface area (Å²) in [6, 6.07) is 4.34. The maximum absolute atomic E-state index is 12.7. The molecule has 0 aliphatic heterocycles. The Morgan fingerprint density at radius 1 is 1.37 bits per heavy atom. The standard InChI is InChI=1S/C18H19F3N4O2/c19-18(20,21)14-5-3-6-15(10-14)23-17(26)27-24-16-7-2-1-4-13(16)11-25-9-8-22-12-25/h3,5-6,8-10,12-13H,1-2,4,7,11H2,(H,23,26)/b24-16+. The molecular formula is C18H19F3N4O2. The summed E-state index contributed by atoms with van der Waals surface area (Å²) < 4.78 is 40.1. The summed E-state index contributed by atoms with van der Waals surface area (Å²) in [6.07, 6.45) is 3.52. The highest BCUT2D eigenvalue weighted by Gasteiger charge is 2.30. The number of rotatable bonds is 4. The maximum Gasteiger partial charge on any atom is 0.437 e. The third-order valence-electron chi connectivity index (χ3n) is 4.38. The maximum atomic E-state index is 12.7. The van der Waals surface area contributed by atoms with Gasteiger partial charge in [0.2, 0.25) is 0 Å². The second-order valence-electron chi connectivity index (χ2n) is 6.37. The van der Waals surface area contributed by atoms with Gasteiger partial charge in [0.15, 0.2) is 0 Å². The number of oxime groups is 1. The van der Waals surface area contributed by atoms with Gasteiger partial charge < -0.3 is 4.57 Å². The largest absolute Gasteiger partial charge is 0.437 e. The molecule has 2 aromatic rings. The molecule has 0 radical (unpaired) electrons. The van der Waals surface area contributed by atoms with Crippen LogP contribution < -0.4 is 5.32 Å². The van der Waals surface area contributed by atoms with Gasteiger partial charge in [-0.05, 0) is 37.5 Å². The van der Waals surface area contributed by atoms with E-state index in [1.807, 2.05) is 10.8 Å². The number of carbonyl (C=O) groups excluding carboxylic acids is 1. The summed E-state index contributed by atoms with van der Waals surface area (Å²) in [5, 5.41) is 6.23. The van der Waals surface area contributed by atoms with Crippen LogP contribution in [0.5, 0.6) is 0 Å². The normalized spacial score (nSPS) is 19.1. The van der Waals surface area contributed by atoms with E-state index in [0.717, 1.165) is 43.5 Å². The van der Waals surface area contributed by atoms with Crippen LogP contribution >= 0.6 is 0 Å². The molecule has 1 aromatic carbocycles. The van der Waals surface area contributed by atoms with Crippen LogP contribution in [0.2, 0.25) is 0 Å². The van der Waals surface area contributed by atoms with Gasteiger partial charge >= 0.3 is 12.3 Å². The van der Waals surface area contributed by atoms with Gasteiger partial charge in [-0.1, -0.05) is 17.6 Å². The molecule has 1 aliphatic carbocycles. The van der Waals surface area contributed by atoms with E-state index in [2.05, 4.69) is 15.5 Å². The van der Waals surface area contributed by atoms with Crippen molar-refractivity contribution in [3.63, 3.8) is 0 Å². The molecule has 1 amide bonds. The van der Waals surface area contributed by atoms with Crippen molar-refractivity contribution in [2.45, 2.75) is 38.4 Å². The van der Waals surface area contributed by atoms with Crippen molar-refractivity contribution in [2.75, 3.05) is 5.32 Å². The van der Waals surface area contributed by atoms with E-state index in [9.17, 15) is 18.0 Å². The summed E-state index contributed by atoms with van der Waals surface area (Å²) in [7, 11) is 0. The zero-order valence-electron chi connectivity index (χ0n) is 14.4. The number of aromatic nitrogens is 2. The minimum absolute atomic E-state index is 0.00589. The summed E-state index contributed by atoms with van der Waals surface area (Å²) >= 11 is 0. The van der Waals surface area contributed by atoms with Crippen molar-refractivity contribution >= 4 is 17.5 Å². The number of imidazole rings is 1. The topological polar surface area (TPSA) is 68.5 Å². The SMILES string of the molecule is O=C(Nc1cccc(C(F)(F)F)c1)O/N=C1\CCCCC1Cn1ccnc1. The molecular weight excluding hydrogens is 361 g/mol. The molecule has 144 valence electrons. The van der Waals surface area contributed by atoms with E-state index >= 15 is 0 Å². The lowest BCUT2D eigenvalue weighted by Gasteiger charge is -2.23. The molecule has 1 saturated carbocycles. The summed E-state index contributed by atoms with van der Waals surface area (Å²) in [5.74, 6) is 0.134. The number of benzene rings is 1. The smallest absolute Gasteiger partial charge is 0.337 e. The molecule has 9 heteroatoms. The molecule has 1 fully saturated rings. The van der Waals surface area contributed by atoms with E-state index in [-0.39, 0.29) is 11.6 Å². The number of alkyl halides is 3. The first-order valence-corrected chi connectivity index (χ1v) is 8.59. The van der Waals surface area contributed by atoms with E-state index in [1.54, 1.807) is 12.5 Å². The summed E-state index contributed by atoms with van der Waals surface area (Å²) in [6.45, 7) is 0.692. The lowest BCUT2D eigenvalue weighted by Crippen LogP contribution is -2.25. The average molecular weight is 380 g/mol. The molecule has 1 atom stereocenters. The quantitative estimate of drug-likeness (QED) is 0.618. The van der Waals surface area contributed by atoms with Gasteiger partial charge in [-0.2, -0.15) is 13.2 Å². The van der Waals surface area contributed by atoms with Crippen LogP contribution in [0.4, 0.5) is 23.7 Å². The molecule has 3 rings (SSSR count). The fourth-order valence-corrected chi connectivity index (χ4v) is 3.05. The highest BCUT2D eigenvalue weighted by molar-refractivity contribution is 5.89. The Morgan fingerprint density at radius 2 is 2.22 bits per heavy atom. The van der Waals surface area contributed by atoms with Gasteiger partial charge in [-0.15, -0.1) is 0 Å². The van der Waals surface area contributed by atoms with Gasteiger partial charge in [0.25, 0.3) is 0 Å². The molecule has 1 N–H and O–H groups in total. The number of amides is 1. The number of nitrogens with one attached hydrogen (secondary N) is 1. The molecule has 0 bridgehead atoms. The van der Waals surface area contributed by atoms with Crippen LogP contribution in [0, 0.1) is 5.92 Å². The van der Waals surface area contributed by atoms with Crippen LogP contribution in [0.1, 0.15) is 31.2 Å². The first kappa shape index (κ1) is 18.9. The summed E-state index contributed by atoms with van der Waals surface area (Å²) in [5.41, 5.74) is -0.0814. The number of hydrogen-bond donors (Lipinski definition) is 1. The zero-order valence-corrected chi connectivity index (χ0v) is 14.4. The summed E-state index contributed by atoms with van der Waals surface area (Å²) in [4.78, 5) is 20.8. The first-order valence-electron chi connectivity index (χ1n) is 8.59. The molecule has 0 saturated heterocycles. The second-order valence-corrected chi connectivity index (χ2v) is 6.37. The fraction of sp³-hybridized carbons (Fsp3) is 0.389. The predicted octanol–water partition coefficient (Wildman–Crippen LogP) is 4.70. The van der Waals surface area contributed by atoms with Crippen LogP contribution in [0.15, 0.2) is 48.1 Å². The number of carbonyl (C=O) groups is 1. The minimum Gasteiger partial charge on any atom is -0.337 e. The van der Waals surface area contributed by atoms with E-state index in [0.29, 0.717) is 6.54 Å². The predicted molar refractivity (Wildman–Crippen MR) is 93.2 cm³/mol. The molecule has 1 aromatic heterocycles. The van der Waals surface area contributed by atoms with Crippen LogP contribution in [-0.2, 0) is 17.6 Å². The minimum atomic E-state index is -4.48. The Bertz CT molecular complexity index is 803. The highest BCUT2D eigenvalue weighted by atomic mass is 19.4. The number of nitrogens with zero attached hydrogens (tertiary/aromatic N) is 3. The van der Waals surface area contributed by atoms with Crippen molar-refractivity contribution < 1.29 is 22.8 Å². The van der Waals surface area contributed by atoms with Crippen molar-refractivity contribution in [2.24, 2.45) is 11.1 Å². The third-order valence-corrected chi connectivity index (χ3v) is 4.38. The number of halogens is 3. The van der Waals surface area contributed by atoms with Crippen molar-refractivity contribution in [1.82, 2.24) is 9.55 Å². The Balaban J connectivity index is 1.61. The zero-order chi connectivity index (χ0) is 19.3. The van der Waals surface area contributed by atoms with Crippen molar-refractivity contribution in [1.29, 1.82) is 0 Å². The Morgan fingerprint density at radius 3 is 2.96 bits per heavy atom. The van der Waals surface area contributed by atoms with Crippen LogP contribution in [-0.4, -0.2) is 21.4 Å². The molecule has 1 unspecified atom stereocenters. The van der Waals surface area contributed by atoms with Crippen LogP contribution in [0.25, 0.3) is 0 Å². The van der Waals surface area contributed by atoms with Gasteiger partial charge in [-0.3, -0.25) is 10.2 Å². The molecule has 27 heavy (non-hydrogen) atoms. The molecule has 0 spiro atoms. The monoisotopic (exact) mass is 380 g/mol. The lowest BCUT2D eigenvalue weighted by atomic mass is 9.87. The molecule has 1 heterocycles. The van der Waals surface area contributed by atoms with Crippen molar-refractivity contribution in [3.05, 3.63) is 48.5 Å². The Kier molecular flexibility index (Phi) is 5.78.